The highest BCUT2D eigenvalue weighted by Crippen LogP contribution is 2.26. The summed E-state index contributed by atoms with van der Waals surface area (Å²) >= 11 is 0. The van der Waals surface area contributed by atoms with E-state index in [0.717, 1.165) is 12.8 Å². The Hall–Kier alpha value is -1.88. The van der Waals surface area contributed by atoms with Gasteiger partial charge in [-0.1, -0.05) is 12.1 Å². The van der Waals surface area contributed by atoms with Crippen molar-refractivity contribution in [1.29, 1.82) is 0 Å². The largest absolute Gasteiger partial charge is 0.393 e. The van der Waals surface area contributed by atoms with E-state index in [1.54, 1.807) is 31.3 Å². The third kappa shape index (κ3) is 3.17. The number of carbonyl (C=O) groups is 2. The van der Waals surface area contributed by atoms with Crippen LogP contribution in [0.2, 0.25) is 0 Å². The van der Waals surface area contributed by atoms with E-state index in [2.05, 4.69) is 5.32 Å². The number of anilines is 1. The first-order valence-corrected chi connectivity index (χ1v) is 6.78. The molecule has 0 unspecified atom stereocenters. The second kappa shape index (κ2) is 6.05. The number of nitrogens with one attached hydrogen (secondary N) is 1. The maximum atomic E-state index is 12.2. The third-order valence-electron chi connectivity index (χ3n) is 3.74. The lowest BCUT2D eigenvalue weighted by Crippen LogP contribution is -2.39. The summed E-state index contributed by atoms with van der Waals surface area (Å²) in [7, 11) is 1.65. The van der Waals surface area contributed by atoms with Crippen molar-refractivity contribution in [3.8, 4) is 0 Å². The lowest BCUT2D eigenvalue weighted by atomic mass is 9.82. The van der Waals surface area contributed by atoms with Gasteiger partial charge >= 0.3 is 0 Å². The first kappa shape index (κ1) is 14.5. The van der Waals surface area contributed by atoms with Crippen LogP contribution in [0.1, 0.15) is 30.1 Å². The Morgan fingerprint density at radius 2 is 2.00 bits per heavy atom. The SMILES string of the molecule is CC(=O)N(C)c1ccccc1C(=O)NCC1CC(O)C1. The average Bonchev–Trinajstić information content (AvgIpc) is 2.41. The molecule has 0 spiro atoms. The summed E-state index contributed by atoms with van der Waals surface area (Å²) in [6.45, 7) is 2.03. The topological polar surface area (TPSA) is 69.6 Å². The van der Waals surface area contributed by atoms with Crippen LogP contribution < -0.4 is 10.2 Å². The molecule has 0 radical (unpaired) electrons. The number of carbonyl (C=O) groups excluding carboxylic acids is 2. The van der Waals surface area contributed by atoms with Gasteiger partial charge in [-0.25, -0.2) is 0 Å². The van der Waals surface area contributed by atoms with Crippen LogP contribution in [0.15, 0.2) is 24.3 Å². The summed E-state index contributed by atoms with van der Waals surface area (Å²) < 4.78 is 0. The van der Waals surface area contributed by atoms with E-state index in [4.69, 9.17) is 0 Å². The Labute approximate surface area is 118 Å². The molecule has 108 valence electrons. The second-order valence-electron chi connectivity index (χ2n) is 5.30. The fourth-order valence-corrected chi connectivity index (χ4v) is 2.33. The van der Waals surface area contributed by atoms with Crippen molar-refractivity contribution in [2.24, 2.45) is 5.92 Å². The second-order valence-corrected chi connectivity index (χ2v) is 5.30. The molecule has 0 heterocycles. The lowest BCUT2D eigenvalue weighted by molar-refractivity contribution is -0.116. The Bertz CT molecular complexity index is 510. The summed E-state index contributed by atoms with van der Waals surface area (Å²) in [4.78, 5) is 25.1. The predicted octanol–water partition coefficient (Wildman–Crippen LogP) is 1.17. The van der Waals surface area contributed by atoms with E-state index in [1.165, 1.54) is 11.8 Å². The van der Waals surface area contributed by atoms with Crippen LogP contribution in [0.5, 0.6) is 0 Å². The lowest BCUT2D eigenvalue weighted by Gasteiger charge is -2.31. The van der Waals surface area contributed by atoms with Gasteiger partial charge in [-0.15, -0.1) is 0 Å². The smallest absolute Gasteiger partial charge is 0.253 e. The van der Waals surface area contributed by atoms with Crippen molar-refractivity contribution < 1.29 is 14.7 Å². The highest BCUT2D eigenvalue weighted by Gasteiger charge is 2.27. The maximum absolute atomic E-state index is 12.2. The Balaban J connectivity index is 2.03. The number of hydrogen-bond donors (Lipinski definition) is 2. The van der Waals surface area contributed by atoms with E-state index in [9.17, 15) is 14.7 Å². The number of hydrogen-bond acceptors (Lipinski definition) is 3. The highest BCUT2D eigenvalue weighted by atomic mass is 16.3. The van der Waals surface area contributed by atoms with Crippen LogP contribution in [0.25, 0.3) is 0 Å². The molecule has 2 N–H and O–H groups in total. The van der Waals surface area contributed by atoms with E-state index in [-0.39, 0.29) is 17.9 Å². The van der Waals surface area contributed by atoms with Crippen molar-refractivity contribution in [1.82, 2.24) is 5.32 Å². The summed E-state index contributed by atoms with van der Waals surface area (Å²) in [6, 6.07) is 7.04. The number of amides is 2. The molecule has 2 amide bonds. The summed E-state index contributed by atoms with van der Waals surface area (Å²) in [6.07, 6.45) is 1.28. The highest BCUT2D eigenvalue weighted by molar-refractivity contribution is 6.04. The van der Waals surface area contributed by atoms with Gasteiger partial charge in [0.1, 0.15) is 0 Å². The molecule has 0 aliphatic heterocycles. The number of aliphatic hydroxyl groups is 1. The molecule has 2 rings (SSSR count). The monoisotopic (exact) mass is 276 g/mol. The first-order chi connectivity index (χ1) is 9.49. The maximum Gasteiger partial charge on any atom is 0.253 e. The summed E-state index contributed by atoms with van der Waals surface area (Å²) in [5.41, 5.74) is 1.09. The van der Waals surface area contributed by atoms with E-state index in [0.29, 0.717) is 23.7 Å². The minimum atomic E-state index is -0.215. The van der Waals surface area contributed by atoms with Crippen LogP contribution in [0.4, 0.5) is 5.69 Å². The summed E-state index contributed by atoms with van der Waals surface area (Å²) in [5, 5.41) is 12.1. The van der Waals surface area contributed by atoms with Crippen molar-refractivity contribution in [3.63, 3.8) is 0 Å². The van der Waals surface area contributed by atoms with Crippen molar-refractivity contribution in [2.45, 2.75) is 25.9 Å². The quantitative estimate of drug-likeness (QED) is 0.867. The minimum Gasteiger partial charge on any atom is -0.393 e. The molecule has 1 aliphatic carbocycles. The zero-order valence-corrected chi connectivity index (χ0v) is 11.8. The number of benzene rings is 1. The van der Waals surface area contributed by atoms with Gasteiger partial charge in [-0.05, 0) is 30.9 Å². The number of aliphatic hydroxyl groups excluding tert-OH is 1. The van der Waals surface area contributed by atoms with Crippen LogP contribution in [0.3, 0.4) is 0 Å². The van der Waals surface area contributed by atoms with Crippen molar-refractivity contribution in [2.75, 3.05) is 18.5 Å². The van der Waals surface area contributed by atoms with E-state index >= 15 is 0 Å². The fourth-order valence-electron chi connectivity index (χ4n) is 2.33. The molecule has 1 aliphatic rings. The van der Waals surface area contributed by atoms with E-state index < -0.39 is 0 Å². The fraction of sp³-hybridized carbons (Fsp3) is 0.467. The average molecular weight is 276 g/mol. The number of para-hydroxylation sites is 1. The molecule has 1 aromatic carbocycles. The standard InChI is InChI=1S/C15H20N2O3/c1-10(18)17(2)14-6-4-3-5-13(14)15(20)16-9-11-7-12(19)8-11/h3-6,11-12,19H,7-9H2,1-2H3,(H,16,20). The third-order valence-corrected chi connectivity index (χ3v) is 3.74. The van der Waals surface area contributed by atoms with Gasteiger partial charge in [-0.2, -0.15) is 0 Å². The number of rotatable bonds is 4. The predicted molar refractivity (Wildman–Crippen MR) is 76.6 cm³/mol. The van der Waals surface area contributed by atoms with Crippen LogP contribution >= 0.6 is 0 Å². The molecule has 0 bridgehead atoms. The van der Waals surface area contributed by atoms with Crippen LogP contribution in [-0.2, 0) is 4.79 Å². The minimum absolute atomic E-state index is 0.118. The summed E-state index contributed by atoms with van der Waals surface area (Å²) in [5.74, 6) is 0.0501. The molecule has 5 heteroatoms. The molecule has 20 heavy (non-hydrogen) atoms. The molecule has 1 fully saturated rings. The van der Waals surface area contributed by atoms with Gasteiger partial charge in [0.15, 0.2) is 0 Å². The van der Waals surface area contributed by atoms with Gasteiger partial charge in [0.2, 0.25) is 5.91 Å². The first-order valence-electron chi connectivity index (χ1n) is 6.78. The molecule has 1 saturated carbocycles. The van der Waals surface area contributed by atoms with Crippen molar-refractivity contribution >= 4 is 17.5 Å². The van der Waals surface area contributed by atoms with Gasteiger partial charge in [-0.3, -0.25) is 9.59 Å². The Morgan fingerprint density at radius 1 is 1.35 bits per heavy atom. The van der Waals surface area contributed by atoms with Gasteiger partial charge in [0, 0.05) is 20.5 Å². The normalized spacial score (nSPS) is 20.9. The van der Waals surface area contributed by atoms with Gasteiger partial charge < -0.3 is 15.3 Å². The molecule has 0 aromatic heterocycles. The van der Waals surface area contributed by atoms with Crippen molar-refractivity contribution in [3.05, 3.63) is 29.8 Å². The zero-order chi connectivity index (χ0) is 14.7. The van der Waals surface area contributed by atoms with Crippen LogP contribution in [-0.4, -0.2) is 36.6 Å². The molecule has 5 nitrogen and oxygen atoms in total. The Morgan fingerprint density at radius 3 is 2.60 bits per heavy atom. The van der Waals surface area contributed by atoms with Gasteiger partial charge in [0.05, 0.1) is 17.4 Å². The van der Waals surface area contributed by atoms with Gasteiger partial charge in [0.25, 0.3) is 5.91 Å². The molecule has 1 aromatic rings. The van der Waals surface area contributed by atoms with E-state index in [1.807, 2.05) is 0 Å². The van der Waals surface area contributed by atoms with Crippen LogP contribution in [0, 0.1) is 5.92 Å². The molecular formula is C15H20N2O3. The Kier molecular flexibility index (Phi) is 4.39. The number of nitrogens with zero attached hydrogens (tertiary/aromatic N) is 1. The molecular weight excluding hydrogens is 256 g/mol. The molecule has 0 saturated heterocycles. The molecule has 0 atom stereocenters. The zero-order valence-electron chi connectivity index (χ0n) is 11.8.